The van der Waals surface area contributed by atoms with Crippen molar-refractivity contribution in [1.82, 2.24) is 9.97 Å². The molecule has 144 valence electrons. The summed E-state index contributed by atoms with van der Waals surface area (Å²) in [4.78, 5) is 29.2. The van der Waals surface area contributed by atoms with E-state index in [0.717, 1.165) is 6.08 Å². The van der Waals surface area contributed by atoms with Gasteiger partial charge in [0.2, 0.25) is 0 Å². The van der Waals surface area contributed by atoms with Crippen LogP contribution in [0.4, 0.5) is 5.69 Å². The van der Waals surface area contributed by atoms with Crippen LogP contribution < -0.4 is 0 Å². The molecule has 9 heteroatoms. The van der Waals surface area contributed by atoms with Gasteiger partial charge in [-0.1, -0.05) is 24.3 Å². The van der Waals surface area contributed by atoms with Gasteiger partial charge in [0, 0.05) is 18.2 Å². The number of allylic oxidation sites excluding steroid dienone is 1. The van der Waals surface area contributed by atoms with Crippen LogP contribution in [-0.4, -0.2) is 32.6 Å². The molecule has 2 aromatic carbocycles. The zero-order valence-corrected chi connectivity index (χ0v) is 14.9. The lowest BCUT2D eigenvalue weighted by Crippen LogP contribution is -2.06. The lowest BCUT2D eigenvalue weighted by Gasteiger charge is -2.03. The van der Waals surface area contributed by atoms with Gasteiger partial charge < -0.3 is 14.8 Å². The first-order chi connectivity index (χ1) is 14.0. The fourth-order valence-electron chi connectivity index (χ4n) is 2.49. The van der Waals surface area contributed by atoms with Gasteiger partial charge in [0.1, 0.15) is 18.2 Å². The number of aromatic nitrogens is 2. The average Bonchev–Trinajstić information content (AvgIpc) is 3.15. The van der Waals surface area contributed by atoms with E-state index in [9.17, 15) is 25.3 Å². The van der Waals surface area contributed by atoms with E-state index in [1.54, 1.807) is 30.3 Å². The quantitative estimate of drug-likeness (QED) is 0.164. The number of para-hydroxylation sites is 2. The number of imidazole rings is 1. The molecular formula is C20H14N4O5. The molecule has 0 fully saturated rings. The minimum atomic E-state index is -0.787. The van der Waals surface area contributed by atoms with Crippen LogP contribution >= 0.6 is 0 Å². The molecule has 3 rings (SSSR count). The molecule has 1 heterocycles. The van der Waals surface area contributed by atoms with Crippen LogP contribution in [0.15, 0.2) is 60.4 Å². The fraction of sp³-hybridized carbons (Fsp3) is 0.0500. The van der Waals surface area contributed by atoms with E-state index in [-0.39, 0.29) is 17.1 Å². The number of nitro benzene ring substituents is 1. The third kappa shape index (κ3) is 4.64. The number of esters is 1. The number of aliphatic hydroxyl groups excluding tert-OH is 1. The second kappa shape index (κ2) is 8.49. The molecule has 0 radical (unpaired) electrons. The number of non-ortho nitro benzene ring substituents is 1. The highest BCUT2D eigenvalue weighted by atomic mass is 16.6. The number of nitrogens with zero attached hydrogens (tertiary/aromatic N) is 3. The number of fused-ring (bicyclic) bond motifs is 1. The first kappa shape index (κ1) is 19.3. The van der Waals surface area contributed by atoms with E-state index in [4.69, 9.17) is 4.74 Å². The maximum atomic E-state index is 11.8. The third-order valence-corrected chi connectivity index (χ3v) is 3.87. The minimum Gasteiger partial charge on any atom is -0.507 e. The molecule has 0 unspecified atom stereocenters. The van der Waals surface area contributed by atoms with Crippen molar-refractivity contribution in [1.29, 1.82) is 5.26 Å². The molecule has 0 aliphatic rings. The summed E-state index contributed by atoms with van der Waals surface area (Å²) >= 11 is 0. The van der Waals surface area contributed by atoms with Crippen LogP contribution in [0.3, 0.4) is 0 Å². The highest BCUT2D eigenvalue weighted by molar-refractivity contribution is 5.87. The van der Waals surface area contributed by atoms with Crippen molar-refractivity contribution < 1.29 is 19.6 Å². The van der Waals surface area contributed by atoms with Crippen molar-refractivity contribution in [2.75, 3.05) is 6.61 Å². The normalized spacial score (nSPS) is 11.8. The summed E-state index contributed by atoms with van der Waals surface area (Å²) in [6, 6.07) is 14.7. The highest BCUT2D eigenvalue weighted by Gasteiger charge is 2.14. The maximum absolute atomic E-state index is 11.8. The van der Waals surface area contributed by atoms with Crippen LogP contribution in [0.25, 0.3) is 22.7 Å². The molecule has 9 nitrogen and oxygen atoms in total. The number of aromatic amines is 1. The van der Waals surface area contributed by atoms with E-state index >= 15 is 0 Å². The molecule has 3 aromatic rings. The summed E-state index contributed by atoms with van der Waals surface area (Å²) < 4.78 is 4.92. The molecule has 0 spiro atoms. The number of hydrogen-bond donors (Lipinski definition) is 2. The molecular weight excluding hydrogens is 376 g/mol. The van der Waals surface area contributed by atoms with Crippen molar-refractivity contribution in [2.45, 2.75) is 0 Å². The molecule has 2 N–H and O–H groups in total. The molecule has 0 saturated heterocycles. The summed E-state index contributed by atoms with van der Waals surface area (Å²) in [6.45, 7) is -0.530. The van der Waals surface area contributed by atoms with Crippen molar-refractivity contribution in [3.8, 4) is 6.07 Å². The lowest BCUT2D eigenvalue weighted by atomic mass is 10.2. The molecule has 0 aliphatic carbocycles. The van der Waals surface area contributed by atoms with Crippen LogP contribution in [-0.2, 0) is 9.53 Å². The van der Waals surface area contributed by atoms with Gasteiger partial charge in [-0.2, -0.15) is 5.26 Å². The van der Waals surface area contributed by atoms with Gasteiger partial charge in [0.15, 0.2) is 11.6 Å². The van der Waals surface area contributed by atoms with E-state index in [2.05, 4.69) is 9.97 Å². The molecule has 0 amide bonds. The number of nitro groups is 1. The van der Waals surface area contributed by atoms with Gasteiger partial charge in [0.25, 0.3) is 5.69 Å². The predicted octanol–water partition coefficient (Wildman–Crippen LogP) is 3.52. The number of carbonyl (C=O) groups is 1. The number of ether oxygens (including phenoxy) is 1. The number of nitriles is 1. The monoisotopic (exact) mass is 390 g/mol. The third-order valence-electron chi connectivity index (χ3n) is 3.87. The molecule has 0 atom stereocenters. The van der Waals surface area contributed by atoms with Gasteiger partial charge in [-0.15, -0.1) is 0 Å². The Balaban J connectivity index is 1.68. The smallest absolute Gasteiger partial charge is 0.331 e. The Morgan fingerprint density at radius 1 is 1.31 bits per heavy atom. The van der Waals surface area contributed by atoms with Gasteiger partial charge in [-0.25, -0.2) is 9.78 Å². The SMILES string of the molecule is N#C/C(=C(/O)COC(=O)C=Cc1cccc([N+](=O)[O-])c1)c1nc2ccccc2[nH]1. The fourth-order valence-corrected chi connectivity index (χ4v) is 2.49. The first-order valence-corrected chi connectivity index (χ1v) is 8.34. The van der Waals surface area contributed by atoms with Crippen LogP contribution in [0.2, 0.25) is 0 Å². The molecule has 1 aromatic heterocycles. The highest BCUT2D eigenvalue weighted by Crippen LogP contribution is 2.19. The summed E-state index contributed by atoms with van der Waals surface area (Å²) in [7, 11) is 0. The number of H-pyrrole nitrogens is 1. The van der Waals surface area contributed by atoms with Gasteiger partial charge in [-0.3, -0.25) is 10.1 Å². The van der Waals surface area contributed by atoms with Crippen molar-refractivity contribution in [3.63, 3.8) is 0 Å². The molecule has 0 saturated carbocycles. The van der Waals surface area contributed by atoms with Gasteiger partial charge >= 0.3 is 5.97 Å². The largest absolute Gasteiger partial charge is 0.507 e. The van der Waals surface area contributed by atoms with Gasteiger partial charge in [0.05, 0.1) is 16.0 Å². The Morgan fingerprint density at radius 3 is 2.83 bits per heavy atom. The van der Waals surface area contributed by atoms with Crippen molar-refractivity contribution >= 4 is 34.3 Å². The predicted molar refractivity (Wildman–Crippen MR) is 104 cm³/mol. The number of aliphatic hydroxyl groups is 1. The topological polar surface area (TPSA) is 142 Å². The Morgan fingerprint density at radius 2 is 2.10 bits per heavy atom. The first-order valence-electron chi connectivity index (χ1n) is 8.34. The Bertz CT molecular complexity index is 1150. The second-order valence-electron chi connectivity index (χ2n) is 5.83. The van der Waals surface area contributed by atoms with Crippen LogP contribution in [0.5, 0.6) is 0 Å². The number of benzene rings is 2. The van der Waals surface area contributed by atoms with Crippen molar-refractivity contribution in [3.05, 3.63) is 81.9 Å². The summed E-state index contributed by atoms with van der Waals surface area (Å²) in [5.41, 5.74) is 1.51. The number of carbonyl (C=O) groups excluding carboxylic acids is 1. The standard InChI is InChI=1S/C20H14N4O5/c21-11-15(20-22-16-6-1-2-7-17(16)23-20)18(25)12-29-19(26)9-8-13-4-3-5-14(10-13)24(27)28/h1-10,25H,12H2,(H,22,23)/b9-8?,18-15-. The molecule has 0 bridgehead atoms. The average molecular weight is 390 g/mol. The number of nitrogens with one attached hydrogen (secondary N) is 1. The Hall–Kier alpha value is -4.45. The summed E-state index contributed by atoms with van der Waals surface area (Å²) in [5.74, 6) is -1.08. The minimum absolute atomic E-state index is 0.106. The van der Waals surface area contributed by atoms with Crippen molar-refractivity contribution in [2.24, 2.45) is 0 Å². The number of hydrogen-bond acceptors (Lipinski definition) is 7. The van der Waals surface area contributed by atoms with Crippen LogP contribution in [0.1, 0.15) is 11.4 Å². The van der Waals surface area contributed by atoms with E-state index in [1.165, 1.54) is 24.3 Å². The molecule has 29 heavy (non-hydrogen) atoms. The van der Waals surface area contributed by atoms with E-state index in [0.29, 0.717) is 16.6 Å². The zero-order chi connectivity index (χ0) is 20.8. The second-order valence-corrected chi connectivity index (χ2v) is 5.83. The summed E-state index contributed by atoms with van der Waals surface area (Å²) in [6.07, 6.45) is 2.42. The Kier molecular flexibility index (Phi) is 5.66. The maximum Gasteiger partial charge on any atom is 0.331 e. The summed E-state index contributed by atoms with van der Waals surface area (Å²) in [5, 5.41) is 30.2. The van der Waals surface area contributed by atoms with Gasteiger partial charge in [-0.05, 0) is 23.8 Å². The van der Waals surface area contributed by atoms with E-state index in [1.807, 2.05) is 6.07 Å². The lowest BCUT2D eigenvalue weighted by molar-refractivity contribution is -0.384. The van der Waals surface area contributed by atoms with Crippen LogP contribution in [0, 0.1) is 21.4 Å². The van der Waals surface area contributed by atoms with E-state index < -0.39 is 23.3 Å². The molecule has 0 aliphatic heterocycles. The zero-order valence-electron chi connectivity index (χ0n) is 14.9. The Labute approximate surface area is 164 Å². The number of rotatable bonds is 6.